The Kier molecular flexibility index (Phi) is 6.57. The second-order valence-electron chi connectivity index (χ2n) is 5.57. The van der Waals surface area contributed by atoms with E-state index in [1.165, 1.54) is 14.2 Å². The first-order valence-corrected chi connectivity index (χ1v) is 8.13. The van der Waals surface area contributed by atoms with Crippen molar-refractivity contribution in [2.75, 3.05) is 32.6 Å². The van der Waals surface area contributed by atoms with Gasteiger partial charge in [-0.1, -0.05) is 12.1 Å². The summed E-state index contributed by atoms with van der Waals surface area (Å²) in [6.45, 7) is 2.50. The number of nitrogens with one attached hydrogen (secondary N) is 2. The first kappa shape index (κ1) is 19.3. The SMILES string of the molecule is COc1cc(C)c(C(=O)Nc2ccccc2C(=O)NCCN)cc1OC. The van der Waals surface area contributed by atoms with Gasteiger partial charge in [0.25, 0.3) is 11.8 Å². The lowest BCUT2D eigenvalue weighted by atomic mass is 10.1. The number of carbonyl (C=O) groups excluding carboxylic acids is 2. The minimum Gasteiger partial charge on any atom is -0.493 e. The maximum Gasteiger partial charge on any atom is 0.256 e. The third-order valence-electron chi connectivity index (χ3n) is 3.82. The monoisotopic (exact) mass is 357 g/mol. The summed E-state index contributed by atoms with van der Waals surface area (Å²) in [7, 11) is 3.04. The Labute approximate surface area is 152 Å². The fourth-order valence-corrected chi connectivity index (χ4v) is 2.49. The van der Waals surface area contributed by atoms with Gasteiger partial charge in [0.15, 0.2) is 11.5 Å². The fraction of sp³-hybridized carbons (Fsp3) is 0.263. The highest BCUT2D eigenvalue weighted by Crippen LogP contribution is 2.30. The van der Waals surface area contributed by atoms with Crippen molar-refractivity contribution >= 4 is 17.5 Å². The molecule has 0 aliphatic heterocycles. The summed E-state index contributed by atoms with van der Waals surface area (Å²) in [4.78, 5) is 25.0. The van der Waals surface area contributed by atoms with Crippen LogP contribution in [0.3, 0.4) is 0 Å². The Morgan fingerprint density at radius 3 is 2.31 bits per heavy atom. The molecule has 2 rings (SSSR count). The highest BCUT2D eigenvalue weighted by molar-refractivity contribution is 6.09. The second-order valence-corrected chi connectivity index (χ2v) is 5.57. The summed E-state index contributed by atoms with van der Waals surface area (Å²) in [5.74, 6) is 0.359. The van der Waals surface area contributed by atoms with Crippen molar-refractivity contribution in [1.82, 2.24) is 5.32 Å². The van der Waals surface area contributed by atoms with Gasteiger partial charge >= 0.3 is 0 Å². The molecule has 0 bridgehead atoms. The van der Waals surface area contributed by atoms with Crippen LogP contribution in [0.2, 0.25) is 0 Å². The van der Waals surface area contributed by atoms with Gasteiger partial charge in [-0.15, -0.1) is 0 Å². The molecule has 0 atom stereocenters. The third-order valence-corrected chi connectivity index (χ3v) is 3.82. The van der Waals surface area contributed by atoms with E-state index in [0.29, 0.717) is 41.4 Å². The fourth-order valence-electron chi connectivity index (χ4n) is 2.49. The van der Waals surface area contributed by atoms with E-state index in [1.807, 2.05) is 0 Å². The number of aryl methyl sites for hydroxylation is 1. The largest absolute Gasteiger partial charge is 0.493 e. The molecule has 0 spiro atoms. The predicted molar refractivity (Wildman–Crippen MR) is 100 cm³/mol. The average molecular weight is 357 g/mol. The number of rotatable bonds is 7. The lowest BCUT2D eigenvalue weighted by Crippen LogP contribution is -2.30. The molecule has 0 heterocycles. The van der Waals surface area contributed by atoms with E-state index in [4.69, 9.17) is 15.2 Å². The zero-order chi connectivity index (χ0) is 19.1. The lowest BCUT2D eigenvalue weighted by molar-refractivity contribution is 0.0955. The minimum atomic E-state index is -0.345. The topological polar surface area (TPSA) is 103 Å². The van der Waals surface area contributed by atoms with E-state index in [1.54, 1.807) is 43.3 Å². The maximum absolute atomic E-state index is 12.7. The number of hydrogen-bond acceptors (Lipinski definition) is 5. The van der Waals surface area contributed by atoms with Crippen LogP contribution in [0.25, 0.3) is 0 Å². The van der Waals surface area contributed by atoms with Crippen molar-refractivity contribution in [3.05, 3.63) is 53.1 Å². The van der Waals surface area contributed by atoms with Crippen LogP contribution in [0.5, 0.6) is 11.5 Å². The van der Waals surface area contributed by atoms with Gasteiger partial charge in [0.05, 0.1) is 25.5 Å². The van der Waals surface area contributed by atoms with Crippen LogP contribution in [0.15, 0.2) is 36.4 Å². The summed E-state index contributed by atoms with van der Waals surface area (Å²) in [6.07, 6.45) is 0. The predicted octanol–water partition coefficient (Wildman–Crippen LogP) is 1.95. The summed E-state index contributed by atoms with van der Waals surface area (Å²) in [5.41, 5.74) is 7.35. The Morgan fingerprint density at radius 2 is 1.65 bits per heavy atom. The molecular formula is C19H23N3O4. The molecular weight excluding hydrogens is 334 g/mol. The molecule has 0 fully saturated rings. The molecule has 26 heavy (non-hydrogen) atoms. The molecule has 7 nitrogen and oxygen atoms in total. The van der Waals surface area contributed by atoms with Crippen LogP contribution in [0.1, 0.15) is 26.3 Å². The molecule has 2 aromatic carbocycles. The number of amides is 2. The Morgan fingerprint density at radius 1 is 1.00 bits per heavy atom. The third kappa shape index (κ3) is 4.31. The van der Waals surface area contributed by atoms with E-state index in [-0.39, 0.29) is 11.8 Å². The number of ether oxygens (including phenoxy) is 2. The van der Waals surface area contributed by atoms with Gasteiger partial charge in [-0.3, -0.25) is 9.59 Å². The number of carbonyl (C=O) groups is 2. The van der Waals surface area contributed by atoms with Crippen LogP contribution < -0.4 is 25.8 Å². The zero-order valence-electron chi connectivity index (χ0n) is 15.1. The van der Waals surface area contributed by atoms with Crippen molar-refractivity contribution in [3.63, 3.8) is 0 Å². The molecule has 0 unspecified atom stereocenters. The van der Waals surface area contributed by atoms with E-state index < -0.39 is 0 Å². The summed E-state index contributed by atoms with van der Waals surface area (Å²) in [5, 5.41) is 5.48. The maximum atomic E-state index is 12.7. The molecule has 2 amide bonds. The van der Waals surface area contributed by atoms with Crippen molar-refractivity contribution in [3.8, 4) is 11.5 Å². The first-order valence-electron chi connectivity index (χ1n) is 8.13. The number of anilines is 1. The van der Waals surface area contributed by atoms with Gasteiger partial charge in [0.1, 0.15) is 0 Å². The highest BCUT2D eigenvalue weighted by atomic mass is 16.5. The van der Waals surface area contributed by atoms with Gasteiger partial charge in [0, 0.05) is 18.7 Å². The molecule has 0 aliphatic rings. The van der Waals surface area contributed by atoms with Crippen LogP contribution in [-0.4, -0.2) is 39.1 Å². The standard InChI is InChI=1S/C19H23N3O4/c1-12-10-16(25-2)17(26-3)11-14(12)19(24)22-15-7-5-4-6-13(15)18(23)21-9-8-20/h4-7,10-11H,8-9,20H2,1-3H3,(H,21,23)(H,22,24). The minimum absolute atomic E-state index is 0.296. The van der Waals surface area contributed by atoms with Crippen molar-refractivity contribution in [1.29, 1.82) is 0 Å². The van der Waals surface area contributed by atoms with Gasteiger partial charge in [-0.2, -0.15) is 0 Å². The van der Waals surface area contributed by atoms with E-state index in [0.717, 1.165) is 5.56 Å². The molecule has 0 saturated heterocycles. The quantitative estimate of drug-likeness (QED) is 0.703. The van der Waals surface area contributed by atoms with Crippen LogP contribution in [0.4, 0.5) is 5.69 Å². The van der Waals surface area contributed by atoms with Gasteiger partial charge in [-0.05, 0) is 36.8 Å². The Hall–Kier alpha value is -3.06. The Balaban J connectivity index is 2.30. The summed E-state index contributed by atoms with van der Waals surface area (Å²) < 4.78 is 10.5. The van der Waals surface area contributed by atoms with Gasteiger partial charge in [0.2, 0.25) is 0 Å². The van der Waals surface area contributed by atoms with Crippen molar-refractivity contribution in [2.45, 2.75) is 6.92 Å². The van der Waals surface area contributed by atoms with E-state index in [9.17, 15) is 9.59 Å². The van der Waals surface area contributed by atoms with Crippen LogP contribution >= 0.6 is 0 Å². The van der Waals surface area contributed by atoms with Gasteiger partial charge < -0.3 is 25.8 Å². The van der Waals surface area contributed by atoms with Crippen molar-refractivity contribution < 1.29 is 19.1 Å². The number of methoxy groups -OCH3 is 2. The Bertz CT molecular complexity index is 805. The molecule has 0 radical (unpaired) electrons. The number of hydrogen-bond donors (Lipinski definition) is 3. The highest BCUT2D eigenvalue weighted by Gasteiger charge is 2.17. The molecule has 2 aromatic rings. The number of para-hydroxylation sites is 1. The molecule has 0 saturated carbocycles. The molecule has 0 aromatic heterocycles. The molecule has 7 heteroatoms. The zero-order valence-corrected chi connectivity index (χ0v) is 15.1. The molecule has 138 valence electrons. The summed E-state index contributed by atoms with van der Waals surface area (Å²) >= 11 is 0. The lowest BCUT2D eigenvalue weighted by Gasteiger charge is -2.14. The van der Waals surface area contributed by atoms with E-state index in [2.05, 4.69) is 10.6 Å². The molecule has 0 aliphatic carbocycles. The van der Waals surface area contributed by atoms with Crippen molar-refractivity contribution in [2.24, 2.45) is 5.73 Å². The smallest absolute Gasteiger partial charge is 0.256 e. The van der Waals surface area contributed by atoms with Gasteiger partial charge in [-0.25, -0.2) is 0 Å². The summed E-state index contributed by atoms with van der Waals surface area (Å²) in [6, 6.07) is 10.1. The first-order chi connectivity index (χ1) is 12.5. The normalized spacial score (nSPS) is 10.2. The average Bonchev–Trinajstić information content (AvgIpc) is 2.66. The van der Waals surface area contributed by atoms with Crippen LogP contribution in [-0.2, 0) is 0 Å². The number of benzene rings is 2. The molecule has 4 N–H and O–H groups in total. The van der Waals surface area contributed by atoms with Crippen LogP contribution in [0, 0.1) is 6.92 Å². The van der Waals surface area contributed by atoms with E-state index >= 15 is 0 Å². The second kappa shape index (κ2) is 8.87. The number of nitrogens with two attached hydrogens (primary N) is 1.